The van der Waals surface area contributed by atoms with Crippen LogP contribution in [0.3, 0.4) is 0 Å². The number of amides is 2. The molecule has 1 aromatic carbocycles. The fraction of sp³-hybridized carbons (Fsp3) is 0.641. The number of morpholine rings is 1. The number of hydrogen-bond donors (Lipinski definition) is 1. The van der Waals surface area contributed by atoms with E-state index in [0.29, 0.717) is 42.9 Å². The molecule has 298 valence electrons. The van der Waals surface area contributed by atoms with Crippen LogP contribution >= 0.6 is 0 Å². The van der Waals surface area contributed by atoms with Gasteiger partial charge in [-0.3, -0.25) is 9.69 Å². The second kappa shape index (κ2) is 17.6. The van der Waals surface area contributed by atoms with Crippen molar-refractivity contribution in [3.8, 4) is 11.5 Å². The van der Waals surface area contributed by atoms with Crippen LogP contribution in [-0.2, 0) is 36.4 Å². The lowest BCUT2D eigenvalue weighted by Gasteiger charge is -2.37. The molecule has 0 unspecified atom stereocenters. The SMILES string of the molecule is C=CCCCCC[C@H](NC(=O)OC(C)(C)C)C(=O)N1C[C@@]2(CCc3c(c(C(F)(F)F)nc4ccc(OCCCN5CCOCC5)cc34)O2)C[C@H]1C(=O)OC. The summed E-state index contributed by atoms with van der Waals surface area (Å²) >= 11 is 0. The van der Waals surface area contributed by atoms with Crippen LogP contribution in [0.1, 0.15) is 83.4 Å². The number of aromatic nitrogens is 1. The van der Waals surface area contributed by atoms with Crippen molar-refractivity contribution in [1.29, 1.82) is 0 Å². The summed E-state index contributed by atoms with van der Waals surface area (Å²) in [6, 6.07) is 2.61. The minimum atomic E-state index is -4.85. The van der Waals surface area contributed by atoms with Crippen molar-refractivity contribution in [2.24, 2.45) is 0 Å². The van der Waals surface area contributed by atoms with Crippen LogP contribution in [0.25, 0.3) is 10.9 Å². The number of aryl methyl sites for hydroxylation is 1. The van der Waals surface area contributed by atoms with Gasteiger partial charge in [0.15, 0.2) is 11.4 Å². The Hall–Kier alpha value is -4.11. The van der Waals surface area contributed by atoms with E-state index in [2.05, 4.69) is 21.8 Å². The van der Waals surface area contributed by atoms with Gasteiger partial charge in [0.2, 0.25) is 5.91 Å². The predicted molar refractivity (Wildman–Crippen MR) is 194 cm³/mol. The second-order valence-corrected chi connectivity index (χ2v) is 15.2. The summed E-state index contributed by atoms with van der Waals surface area (Å²) in [5.41, 5.74) is -2.88. The van der Waals surface area contributed by atoms with Crippen LogP contribution in [0, 0.1) is 0 Å². The van der Waals surface area contributed by atoms with E-state index in [4.69, 9.17) is 23.7 Å². The molecule has 2 amide bonds. The maximum Gasteiger partial charge on any atom is 0.437 e. The Morgan fingerprint density at radius 2 is 1.89 bits per heavy atom. The Morgan fingerprint density at radius 3 is 2.57 bits per heavy atom. The molecular formula is C39H53F3N4O8. The number of nitrogens with one attached hydrogen (secondary N) is 1. The Labute approximate surface area is 314 Å². The maximum absolute atomic E-state index is 14.6. The fourth-order valence-electron chi connectivity index (χ4n) is 7.36. The average Bonchev–Trinajstić information content (AvgIpc) is 3.49. The van der Waals surface area contributed by atoms with E-state index in [1.165, 1.54) is 18.1 Å². The van der Waals surface area contributed by atoms with Gasteiger partial charge in [-0.25, -0.2) is 14.6 Å². The number of pyridine rings is 1. The summed E-state index contributed by atoms with van der Waals surface area (Å²) < 4.78 is 72.2. The highest BCUT2D eigenvalue weighted by molar-refractivity contribution is 5.91. The molecule has 1 aromatic heterocycles. The number of hydrogen-bond acceptors (Lipinski definition) is 10. The number of unbranched alkanes of at least 4 members (excludes halogenated alkanes) is 3. The van der Waals surface area contributed by atoms with Gasteiger partial charge < -0.3 is 33.9 Å². The Kier molecular flexibility index (Phi) is 13.4. The summed E-state index contributed by atoms with van der Waals surface area (Å²) in [7, 11) is 1.18. The van der Waals surface area contributed by atoms with Crippen LogP contribution < -0.4 is 14.8 Å². The van der Waals surface area contributed by atoms with Gasteiger partial charge in [0.05, 0.1) is 39.0 Å². The van der Waals surface area contributed by atoms with E-state index in [-0.39, 0.29) is 37.7 Å². The minimum Gasteiger partial charge on any atom is -0.494 e. The van der Waals surface area contributed by atoms with Gasteiger partial charge in [0, 0.05) is 37.0 Å². The molecule has 1 N–H and O–H groups in total. The fourth-order valence-corrected chi connectivity index (χ4v) is 7.36. The normalized spacial score (nSPS) is 20.9. The van der Waals surface area contributed by atoms with Crippen molar-refractivity contribution in [3.63, 3.8) is 0 Å². The first-order valence-electron chi connectivity index (χ1n) is 18.8. The standard InChI is InChI=1S/C39H53F3N4O8/c1-6-7-8-9-10-12-30(44-36(49)54-37(2,3)4)34(47)46-25-38(24-31(46)35(48)50-5)16-15-27-28-23-26(52-20-11-17-45-18-21-51-22-19-45)13-14-29(28)43-33(32(27)53-38)39(40,41)42/h6,13-14,23,30-31H,1,7-12,15-22,24-25H2,2-5H3,(H,44,49)/t30-,31-,38+/m0/s1. The molecule has 4 heterocycles. The van der Waals surface area contributed by atoms with Gasteiger partial charge in [-0.1, -0.05) is 18.9 Å². The van der Waals surface area contributed by atoms with Gasteiger partial charge in [-0.15, -0.1) is 6.58 Å². The largest absolute Gasteiger partial charge is 0.494 e. The first kappa shape index (κ1) is 41.1. The third kappa shape index (κ3) is 10.3. The maximum atomic E-state index is 14.6. The van der Waals surface area contributed by atoms with Crippen molar-refractivity contribution in [2.45, 2.75) is 108 Å². The number of methoxy groups -OCH3 is 1. The molecule has 0 radical (unpaired) electrons. The summed E-state index contributed by atoms with van der Waals surface area (Å²) in [6.07, 6.45) is 0.427. The number of alkyl carbamates (subject to hydrolysis) is 1. The Morgan fingerprint density at radius 1 is 1.13 bits per heavy atom. The lowest BCUT2D eigenvalue weighted by molar-refractivity contribution is -0.151. The molecule has 5 rings (SSSR count). The van der Waals surface area contributed by atoms with Crippen LogP contribution in [-0.4, -0.2) is 109 Å². The number of ether oxygens (including phenoxy) is 5. The lowest BCUT2D eigenvalue weighted by Crippen LogP contribution is -2.53. The van der Waals surface area contributed by atoms with Gasteiger partial charge in [0.25, 0.3) is 0 Å². The van der Waals surface area contributed by atoms with Gasteiger partial charge in [0.1, 0.15) is 29.0 Å². The number of alkyl halides is 3. The number of carbonyl (C=O) groups excluding carboxylic acids is 3. The van der Waals surface area contributed by atoms with Gasteiger partial charge in [-0.2, -0.15) is 13.2 Å². The highest BCUT2D eigenvalue weighted by atomic mass is 19.4. The first-order valence-corrected chi connectivity index (χ1v) is 18.8. The van der Waals surface area contributed by atoms with Crippen LogP contribution in [0.15, 0.2) is 30.9 Å². The highest BCUT2D eigenvalue weighted by Crippen LogP contribution is 2.48. The van der Waals surface area contributed by atoms with Crippen molar-refractivity contribution in [1.82, 2.24) is 20.1 Å². The van der Waals surface area contributed by atoms with Crippen molar-refractivity contribution in [2.75, 3.05) is 53.1 Å². The zero-order chi connectivity index (χ0) is 39.1. The quantitative estimate of drug-likeness (QED) is 0.135. The third-order valence-electron chi connectivity index (χ3n) is 9.97. The second-order valence-electron chi connectivity index (χ2n) is 15.2. The van der Waals surface area contributed by atoms with Crippen molar-refractivity contribution in [3.05, 3.63) is 42.1 Å². The molecule has 2 aromatic rings. The lowest BCUT2D eigenvalue weighted by atomic mass is 9.87. The number of rotatable bonds is 14. The molecule has 3 aliphatic rings. The van der Waals surface area contributed by atoms with Gasteiger partial charge in [-0.05, 0) is 77.5 Å². The molecule has 3 aliphatic heterocycles. The number of fused-ring (bicyclic) bond motifs is 3. The van der Waals surface area contributed by atoms with E-state index in [9.17, 15) is 27.6 Å². The van der Waals surface area contributed by atoms with Crippen LogP contribution in [0.2, 0.25) is 0 Å². The van der Waals surface area contributed by atoms with Crippen LogP contribution in [0.4, 0.5) is 18.0 Å². The van der Waals surface area contributed by atoms with E-state index < -0.39 is 58.9 Å². The molecule has 12 nitrogen and oxygen atoms in total. The van der Waals surface area contributed by atoms with Gasteiger partial charge >= 0.3 is 18.2 Å². The number of benzene rings is 1. The molecule has 1 spiro atoms. The molecule has 0 bridgehead atoms. The smallest absolute Gasteiger partial charge is 0.437 e. The van der Waals surface area contributed by atoms with E-state index in [0.717, 1.165) is 45.3 Å². The number of halogens is 3. The molecule has 15 heteroatoms. The zero-order valence-corrected chi connectivity index (χ0v) is 31.7. The average molecular weight is 763 g/mol. The van der Waals surface area contributed by atoms with Crippen molar-refractivity contribution < 1.29 is 51.2 Å². The molecule has 2 fully saturated rings. The summed E-state index contributed by atoms with van der Waals surface area (Å²) in [4.78, 5) is 47.9. The molecule has 3 atom stereocenters. The third-order valence-corrected chi connectivity index (χ3v) is 9.97. The summed E-state index contributed by atoms with van der Waals surface area (Å²) in [5.74, 6) is -1.23. The molecule has 0 saturated carbocycles. The summed E-state index contributed by atoms with van der Waals surface area (Å²) in [5, 5.41) is 3.15. The molecule has 0 aliphatic carbocycles. The van der Waals surface area contributed by atoms with E-state index in [1.54, 1.807) is 39.0 Å². The Balaban J connectivity index is 1.40. The van der Waals surface area contributed by atoms with Crippen molar-refractivity contribution >= 4 is 28.9 Å². The highest BCUT2D eigenvalue weighted by Gasteiger charge is 2.55. The Bertz CT molecular complexity index is 1660. The molecule has 54 heavy (non-hydrogen) atoms. The zero-order valence-electron chi connectivity index (χ0n) is 31.7. The minimum absolute atomic E-state index is 0.106. The molecular weight excluding hydrogens is 709 g/mol. The number of carbonyl (C=O) groups is 3. The van der Waals surface area contributed by atoms with E-state index >= 15 is 0 Å². The topological polar surface area (TPSA) is 129 Å². The summed E-state index contributed by atoms with van der Waals surface area (Å²) in [6.45, 7) is 13.0. The van der Waals surface area contributed by atoms with E-state index in [1.807, 2.05) is 0 Å². The number of nitrogens with zero attached hydrogens (tertiary/aromatic N) is 3. The predicted octanol–water partition coefficient (Wildman–Crippen LogP) is 6.22. The number of esters is 1. The van der Waals surface area contributed by atoms with Crippen LogP contribution in [0.5, 0.6) is 11.5 Å². The first-order chi connectivity index (χ1) is 25.6. The monoisotopic (exact) mass is 762 g/mol. The number of likely N-dealkylation sites (tertiary alicyclic amines) is 1. The molecule has 2 saturated heterocycles. The number of allylic oxidation sites excluding steroid dienone is 1.